The first-order chi connectivity index (χ1) is 6.60. The lowest BCUT2D eigenvalue weighted by molar-refractivity contribution is 0.101. The molecule has 0 amide bonds. The third kappa shape index (κ3) is 5.53. The minimum Gasteiger partial charge on any atom is -0.311 e. The maximum absolute atomic E-state index is 3.56. The molecule has 0 radical (unpaired) electrons. The van der Waals surface area contributed by atoms with E-state index in [0.717, 1.165) is 6.54 Å². The van der Waals surface area contributed by atoms with Crippen molar-refractivity contribution in [3.05, 3.63) is 0 Å². The van der Waals surface area contributed by atoms with Gasteiger partial charge in [0.25, 0.3) is 0 Å². The van der Waals surface area contributed by atoms with Crippen LogP contribution in [0.5, 0.6) is 0 Å². The van der Waals surface area contributed by atoms with Gasteiger partial charge in [-0.25, -0.2) is 0 Å². The summed E-state index contributed by atoms with van der Waals surface area (Å²) in [4.78, 5) is 2.46. The van der Waals surface area contributed by atoms with Gasteiger partial charge in [0, 0.05) is 23.7 Å². The molecule has 2 nitrogen and oxygen atoms in total. The standard InChI is InChI=1S/C13H30N2/c1-9-13(6,7)15(8)11(2)10-14-12(3,4)5/h11,14H,9-10H2,1-8H3. The van der Waals surface area contributed by atoms with Crippen LogP contribution < -0.4 is 5.32 Å². The third-order valence-electron chi connectivity index (χ3n) is 3.41. The van der Waals surface area contributed by atoms with E-state index in [1.165, 1.54) is 6.42 Å². The fourth-order valence-corrected chi connectivity index (χ4v) is 1.44. The maximum Gasteiger partial charge on any atom is 0.0194 e. The van der Waals surface area contributed by atoms with E-state index in [2.05, 4.69) is 65.7 Å². The zero-order valence-electron chi connectivity index (χ0n) is 11.9. The Kier molecular flexibility index (Phi) is 5.28. The van der Waals surface area contributed by atoms with Gasteiger partial charge in [0.1, 0.15) is 0 Å². The molecule has 0 heterocycles. The van der Waals surface area contributed by atoms with Crippen molar-refractivity contribution in [2.75, 3.05) is 13.6 Å². The number of nitrogens with zero attached hydrogens (tertiary/aromatic N) is 1. The van der Waals surface area contributed by atoms with Gasteiger partial charge in [0.2, 0.25) is 0 Å². The van der Waals surface area contributed by atoms with Crippen LogP contribution in [0.4, 0.5) is 0 Å². The average molecular weight is 214 g/mol. The molecule has 0 bridgehead atoms. The second-order valence-corrected chi connectivity index (χ2v) is 6.26. The molecule has 0 aromatic heterocycles. The highest BCUT2D eigenvalue weighted by molar-refractivity contribution is 4.83. The summed E-state index contributed by atoms with van der Waals surface area (Å²) >= 11 is 0. The molecule has 0 aromatic carbocycles. The third-order valence-corrected chi connectivity index (χ3v) is 3.41. The van der Waals surface area contributed by atoms with Crippen molar-refractivity contribution in [1.29, 1.82) is 0 Å². The van der Waals surface area contributed by atoms with Gasteiger partial charge < -0.3 is 5.32 Å². The molecule has 0 aliphatic heterocycles. The van der Waals surface area contributed by atoms with Crippen LogP contribution in [0.15, 0.2) is 0 Å². The summed E-state index contributed by atoms with van der Waals surface area (Å²) in [5.41, 5.74) is 0.504. The van der Waals surface area contributed by atoms with Crippen molar-refractivity contribution in [3.63, 3.8) is 0 Å². The Morgan fingerprint density at radius 2 is 1.60 bits per heavy atom. The average Bonchev–Trinajstić information content (AvgIpc) is 2.11. The molecule has 1 unspecified atom stereocenters. The molecule has 0 saturated heterocycles. The zero-order valence-corrected chi connectivity index (χ0v) is 11.9. The number of hydrogen-bond donors (Lipinski definition) is 1. The first-order valence-corrected chi connectivity index (χ1v) is 6.08. The van der Waals surface area contributed by atoms with Crippen LogP contribution in [0.1, 0.15) is 54.9 Å². The molecule has 0 spiro atoms. The fraction of sp³-hybridized carbons (Fsp3) is 1.00. The Balaban J connectivity index is 4.16. The first kappa shape index (κ1) is 14.9. The predicted octanol–water partition coefficient (Wildman–Crippen LogP) is 2.88. The topological polar surface area (TPSA) is 15.3 Å². The van der Waals surface area contributed by atoms with Crippen LogP contribution >= 0.6 is 0 Å². The van der Waals surface area contributed by atoms with E-state index in [1.807, 2.05) is 0 Å². The molecule has 0 aromatic rings. The Bertz CT molecular complexity index is 179. The van der Waals surface area contributed by atoms with Crippen LogP contribution in [-0.2, 0) is 0 Å². The second kappa shape index (κ2) is 5.31. The molecular weight excluding hydrogens is 184 g/mol. The Morgan fingerprint density at radius 1 is 1.13 bits per heavy atom. The van der Waals surface area contributed by atoms with Crippen molar-refractivity contribution in [1.82, 2.24) is 10.2 Å². The van der Waals surface area contributed by atoms with Crippen molar-refractivity contribution in [3.8, 4) is 0 Å². The highest BCUT2D eigenvalue weighted by Gasteiger charge is 2.25. The molecule has 0 aliphatic carbocycles. The first-order valence-electron chi connectivity index (χ1n) is 6.08. The quantitative estimate of drug-likeness (QED) is 0.757. The van der Waals surface area contributed by atoms with Crippen molar-refractivity contribution in [2.45, 2.75) is 72.0 Å². The van der Waals surface area contributed by atoms with Crippen LogP contribution in [0.2, 0.25) is 0 Å². The van der Waals surface area contributed by atoms with Gasteiger partial charge in [-0.05, 0) is 55.0 Å². The lowest BCUT2D eigenvalue weighted by atomic mass is 9.98. The molecule has 0 fully saturated rings. The van der Waals surface area contributed by atoms with Gasteiger partial charge in [-0.15, -0.1) is 0 Å². The highest BCUT2D eigenvalue weighted by atomic mass is 15.2. The van der Waals surface area contributed by atoms with Gasteiger partial charge in [-0.1, -0.05) is 6.92 Å². The van der Waals surface area contributed by atoms with Crippen molar-refractivity contribution < 1.29 is 0 Å². The van der Waals surface area contributed by atoms with Crippen LogP contribution in [0.3, 0.4) is 0 Å². The van der Waals surface area contributed by atoms with E-state index in [0.29, 0.717) is 11.6 Å². The van der Waals surface area contributed by atoms with E-state index in [1.54, 1.807) is 0 Å². The number of hydrogen-bond acceptors (Lipinski definition) is 2. The van der Waals surface area contributed by atoms with Crippen LogP contribution in [0.25, 0.3) is 0 Å². The summed E-state index contributed by atoms with van der Waals surface area (Å²) in [6.07, 6.45) is 1.18. The van der Waals surface area contributed by atoms with Gasteiger partial charge >= 0.3 is 0 Å². The van der Waals surface area contributed by atoms with Crippen LogP contribution in [-0.4, -0.2) is 35.6 Å². The molecule has 1 atom stereocenters. The molecular formula is C13H30N2. The molecule has 0 saturated carbocycles. The Hall–Kier alpha value is -0.0800. The lowest BCUT2D eigenvalue weighted by Crippen LogP contribution is -2.51. The summed E-state index contributed by atoms with van der Waals surface area (Å²) < 4.78 is 0. The number of likely N-dealkylation sites (N-methyl/N-ethyl adjacent to an activating group) is 1. The van der Waals surface area contributed by atoms with Crippen LogP contribution in [0, 0.1) is 0 Å². The summed E-state index contributed by atoms with van der Waals surface area (Å²) in [5, 5.41) is 3.56. The minimum absolute atomic E-state index is 0.214. The van der Waals surface area contributed by atoms with E-state index in [4.69, 9.17) is 0 Å². The highest BCUT2D eigenvalue weighted by Crippen LogP contribution is 2.19. The van der Waals surface area contributed by atoms with E-state index in [-0.39, 0.29) is 5.54 Å². The Labute approximate surface area is 96.4 Å². The summed E-state index contributed by atoms with van der Waals surface area (Å²) in [5.74, 6) is 0. The monoisotopic (exact) mass is 214 g/mol. The summed E-state index contributed by atoms with van der Waals surface area (Å²) in [6, 6.07) is 0.569. The normalized spacial score (nSPS) is 15.8. The minimum atomic E-state index is 0.214. The zero-order chi connectivity index (χ0) is 12.3. The maximum atomic E-state index is 3.56. The van der Waals surface area contributed by atoms with Gasteiger partial charge in [-0.3, -0.25) is 4.90 Å². The molecule has 0 aliphatic rings. The molecule has 15 heavy (non-hydrogen) atoms. The van der Waals surface area contributed by atoms with Gasteiger partial charge in [0.05, 0.1) is 0 Å². The lowest BCUT2D eigenvalue weighted by Gasteiger charge is -2.40. The van der Waals surface area contributed by atoms with Gasteiger partial charge in [0.15, 0.2) is 0 Å². The fourth-order valence-electron chi connectivity index (χ4n) is 1.44. The van der Waals surface area contributed by atoms with E-state index < -0.39 is 0 Å². The largest absolute Gasteiger partial charge is 0.311 e. The SMILES string of the molecule is CCC(C)(C)N(C)C(C)CNC(C)(C)C. The predicted molar refractivity (Wildman–Crippen MR) is 69.4 cm³/mol. The van der Waals surface area contributed by atoms with Crippen molar-refractivity contribution >= 4 is 0 Å². The molecule has 2 heteroatoms. The molecule has 0 rings (SSSR count). The number of nitrogens with one attached hydrogen (secondary N) is 1. The van der Waals surface area contributed by atoms with E-state index >= 15 is 0 Å². The summed E-state index contributed by atoms with van der Waals surface area (Å²) in [7, 11) is 2.22. The molecule has 92 valence electrons. The summed E-state index contributed by atoms with van der Waals surface area (Å²) in [6.45, 7) is 16.8. The Morgan fingerprint density at radius 3 is 1.93 bits per heavy atom. The number of rotatable bonds is 5. The smallest absolute Gasteiger partial charge is 0.0194 e. The van der Waals surface area contributed by atoms with Gasteiger partial charge in [-0.2, -0.15) is 0 Å². The van der Waals surface area contributed by atoms with Crippen molar-refractivity contribution in [2.24, 2.45) is 0 Å². The molecule has 1 N–H and O–H groups in total. The van der Waals surface area contributed by atoms with E-state index in [9.17, 15) is 0 Å². The second-order valence-electron chi connectivity index (χ2n) is 6.26.